The molecule has 1 aromatic heterocycles. The minimum absolute atomic E-state index is 0. The lowest BCUT2D eigenvalue weighted by atomic mass is 10.2. The zero-order chi connectivity index (χ0) is 11.4. The largest absolute Gasteiger partial charge is 0.399 e. The maximum atomic E-state index is 11.8. The van der Waals surface area contributed by atoms with E-state index in [-0.39, 0.29) is 30.7 Å². The predicted molar refractivity (Wildman–Crippen MR) is 77.5 cm³/mol. The van der Waals surface area contributed by atoms with Crippen molar-refractivity contribution in [2.45, 2.75) is 0 Å². The average molecular weight is 286 g/mol. The Morgan fingerprint density at radius 1 is 1.17 bits per heavy atom. The van der Waals surface area contributed by atoms with E-state index in [0.717, 1.165) is 0 Å². The number of nitrogens with one attached hydrogen (secondary N) is 1. The molecule has 6 heteroatoms. The molecule has 96 valence electrons. The number of pyridine rings is 1. The molecule has 0 saturated heterocycles. The van der Waals surface area contributed by atoms with E-state index < -0.39 is 0 Å². The molecule has 2 rings (SSSR count). The van der Waals surface area contributed by atoms with Crippen molar-refractivity contribution in [3.63, 3.8) is 0 Å². The number of aromatic nitrogens is 1. The van der Waals surface area contributed by atoms with Crippen LogP contribution in [-0.2, 0) is 0 Å². The van der Waals surface area contributed by atoms with Gasteiger partial charge in [0.1, 0.15) is 0 Å². The number of carbonyl (C=O) groups excluding carboxylic acids is 1. The highest BCUT2D eigenvalue weighted by Crippen LogP contribution is 2.10. The van der Waals surface area contributed by atoms with E-state index >= 15 is 0 Å². The van der Waals surface area contributed by atoms with Gasteiger partial charge in [-0.2, -0.15) is 0 Å². The summed E-state index contributed by atoms with van der Waals surface area (Å²) in [6.45, 7) is 0. The van der Waals surface area contributed by atoms with Crippen molar-refractivity contribution in [3.8, 4) is 0 Å². The van der Waals surface area contributed by atoms with Crippen LogP contribution in [-0.4, -0.2) is 10.9 Å². The Kier molecular flexibility index (Phi) is 6.78. The highest BCUT2D eigenvalue weighted by atomic mass is 35.5. The second-order valence-electron chi connectivity index (χ2n) is 3.32. The molecule has 0 atom stereocenters. The summed E-state index contributed by atoms with van der Waals surface area (Å²) in [6.07, 6.45) is 3.24. The summed E-state index contributed by atoms with van der Waals surface area (Å²) in [5.41, 5.74) is 7.36. The van der Waals surface area contributed by atoms with Crippen LogP contribution in [0, 0.1) is 0 Å². The molecule has 0 aliphatic heterocycles. The topological polar surface area (TPSA) is 68.0 Å². The van der Waals surface area contributed by atoms with Crippen LogP contribution in [0.1, 0.15) is 10.4 Å². The Balaban J connectivity index is 0.00000144. The van der Waals surface area contributed by atoms with Crippen molar-refractivity contribution in [1.82, 2.24) is 4.98 Å². The maximum absolute atomic E-state index is 11.8. The van der Waals surface area contributed by atoms with Gasteiger partial charge in [-0.3, -0.25) is 9.78 Å². The third-order valence-corrected chi connectivity index (χ3v) is 2.07. The molecule has 2 aromatic rings. The van der Waals surface area contributed by atoms with Crippen molar-refractivity contribution in [3.05, 3.63) is 54.4 Å². The van der Waals surface area contributed by atoms with E-state index in [2.05, 4.69) is 10.3 Å². The van der Waals surface area contributed by atoms with Gasteiger partial charge in [0.05, 0.1) is 11.9 Å². The number of rotatable bonds is 2. The normalized spacial score (nSPS) is 8.67. The number of nitrogens with zero attached hydrogens (tertiary/aromatic N) is 1. The monoisotopic (exact) mass is 285 g/mol. The Morgan fingerprint density at radius 2 is 1.94 bits per heavy atom. The van der Waals surface area contributed by atoms with E-state index in [1.54, 1.807) is 48.8 Å². The Morgan fingerprint density at radius 3 is 2.56 bits per heavy atom. The second-order valence-corrected chi connectivity index (χ2v) is 3.32. The summed E-state index contributed by atoms with van der Waals surface area (Å²) in [4.78, 5) is 15.7. The van der Waals surface area contributed by atoms with Crippen LogP contribution < -0.4 is 11.1 Å². The first kappa shape index (κ1) is 16.2. The standard InChI is InChI=1S/C12H11N3O.2ClH/c13-10-4-1-3-9(7-10)12(16)15-11-5-2-6-14-8-11;;/h1-8H,13H2,(H,15,16);2*1H. The molecule has 0 bridgehead atoms. The molecular weight excluding hydrogens is 273 g/mol. The molecule has 0 radical (unpaired) electrons. The first-order chi connectivity index (χ1) is 7.75. The van der Waals surface area contributed by atoms with Crippen LogP contribution in [0.25, 0.3) is 0 Å². The lowest BCUT2D eigenvalue weighted by molar-refractivity contribution is 0.102. The molecule has 0 unspecified atom stereocenters. The second kappa shape index (κ2) is 7.53. The van der Waals surface area contributed by atoms with E-state index in [9.17, 15) is 4.79 Å². The summed E-state index contributed by atoms with van der Waals surface area (Å²) in [6, 6.07) is 10.4. The van der Waals surface area contributed by atoms with Gasteiger partial charge in [-0.25, -0.2) is 0 Å². The quantitative estimate of drug-likeness (QED) is 0.834. The minimum atomic E-state index is -0.194. The van der Waals surface area contributed by atoms with Crippen molar-refractivity contribution >= 4 is 42.1 Å². The number of benzene rings is 1. The van der Waals surface area contributed by atoms with Crippen LogP contribution in [0.15, 0.2) is 48.8 Å². The van der Waals surface area contributed by atoms with Gasteiger partial charge in [0.25, 0.3) is 5.91 Å². The van der Waals surface area contributed by atoms with Gasteiger partial charge in [0.2, 0.25) is 0 Å². The van der Waals surface area contributed by atoms with Crippen LogP contribution in [0.2, 0.25) is 0 Å². The SMILES string of the molecule is Cl.Cl.Nc1cccc(C(=O)Nc2cccnc2)c1. The number of halogens is 2. The van der Waals surface area contributed by atoms with Gasteiger partial charge >= 0.3 is 0 Å². The van der Waals surface area contributed by atoms with Crippen molar-refractivity contribution in [2.24, 2.45) is 0 Å². The highest BCUT2D eigenvalue weighted by Gasteiger charge is 2.05. The fraction of sp³-hybridized carbons (Fsp3) is 0. The minimum Gasteiger partial charge on any atom is -0.399 e. The number of hydrogen-bond donors (Lipinski definition) is 2. The molecule has 0 aliphatic carbocycles. The zero-order valence-corrected chi connectivity index (χ0v) is 11.0. The molecule has 0 fully saturated rings. The summed E-state index contributed by atoms with van der Waals surface area (Å²) in [5, 5.41) is 2.73. The van der Waals surface area contributed by atoms with Gasteiger partial charge in [-0.05, 0) is 30.3 Å². The van der Waals surface area contributed by atoms with Crippen molar-refractivity contribution in [1.29, 1.82) is 0 Å². The summed E-state index contributed by atoms with van der Waals surface area (Å²) in [5.74, 6) is -0.194. The first-order valence-electron chi connectivity index (χ1n) is 4.82. The number of hydrogen-bond acceptors (Lipinski definition) is 3. The molecule has 18 heavy (non-hydrogen) atoms. The fourth-order valence-corrected chi connectivity index (χ4v) is 1.32. The van der Waals surface area contributed by atoms with Gasteiger partial charge in [0, 0.05) is 17.4 Å². The number of carbonyl (C=O) groups is 1. The molecule has 3 N–H and O–H groups in total. The van der Waals surface area contributed by atoms with Crippen LogP contribution in [0.3, 0.4) is 0 Å². The highest BCUT2D eigenvalue weighted by molar-refractivity contribution is 6.04. The third kappa shape index (κ3) is 4.24. The molecule has 0 spiro atoms. The summed E-state index contributed by atoms with van der Waals surface area (Å²) < 4.78 is 0. The Labute approximate surface area is 117 Å². The number of amides is 1. The molecular formula is C12H13Cl2N3O. The molecule has 0 saturated carbocycles. The fourth-order valence-electron chi connectivity index (χ4n) is 1.32. The van der Waals surface area contributed by atoms with E-state index in [4.69, 9.17) is 5.73 Å². The van der Waals surface area contributed by atoms with Crippen molar-refractivity contribution in [2.75, 3.05) is 11.1 Å². The van der Waals surface area contributed by atoms with Gasteiger partial charge in [-0.15, -0.1) is 24.8 Å². The number of anilines is 2. The van der Waals surface area contributed by atoms with E-state index in [1.165, 1.54) is 0 Å². The molecule has 1 amide bonds. The predicted octanol–water partition coefficient (Wildman–Crippen LogP) is 2.76. The maximum Gasteiger partial charge on any atom is 0.255 e. The molecule has 1 heterocycles. The van der Waals surface area contributed by atoms with Gasteiger partial charge in [0.15, 0.2) is 0 Å². The average Bonchev–Trinajstić information content (AvgIpc) is 2.30. The van der Waals surface area contributed by atoms with Crippen LogP contribution in [0.5, 0.6) is 0 Å². The number of nitrogen functional groups attached to an aromatic ring is 1. The van der Waals surface area contributed by atoms with Gasteiger partial charge in [-0.1, -0.05) is 6.07 Å². The zero-order valence-electron chi connectivity index (χ0n) is 9.37. The van der Waals surface area contributed by atoms with Crippen LogP contribution in [0.4, 0.5) is 11.4 Å². The Bertz CT molecular complexity index is 506. The summed E-state index contributed by atoms with van der Waals surface area (Å²) in [7, 11) is 0. The molecule has 1 aromatic carbocycles. The van der Waals surface area contributed by atoms with E-state index in [1.807, 2.05) is 0 Å². The van der Waals surface area contributed by atoms with E-state index in [0.29, 0.717) is 16.9 Å². The smallest absolute Gasteiger partial charge is 0.255 e. The first-order valence-corrected chi connectivity index (χ1v) is 4.82. The van der Waals surface area contributed by atoms with Crippen molar-refractivity contribution < 1.29 is 4.79 Å². The Hall–Kier alpha value is -1.78. The third-order valence-electron chi connectivity index (χ3n) is 2.07. The molecule has 0 aliphatic rings. The lowest BCUT2D eigenvalue weighted by Gasteiger charge is -2.04. The molecule has 4 nitrogen and oxygen atoms in total. The van der Waals surface area contributed by atoms with Crippen LogP contribution >= 0.6 is 24.8 Å². The van der Waals surface area contributed by atoms with Gasteiger partial charge < -0.3 is 11.1 Å². The number of nitrogens with two attached hydrogens (primary N) is 1. The summed E-state index contributed by atoms with van der Waals surface area (Å²) >= 11 is 0. The lowest BCUT2D eigenvalue weighted by Crippen LogP contribution is -2.12.